The van der Waals surface area contributed by atoms with Gasteiger partial charge in [0, 0.05) is 23.5 Å². The molecular formula is C20H19N9O. The maximum Gasteiger partial charge on any atom is 0.224 e. The second kappa shape index (κ2) is 7.71. The zero-order valence-electron chi connectivity index (χ0n) is 16.8. The Bertz CT molecular complexity index is 1280. The van der Waals surface area contributed by atoms with E-state index in [2.05, 4.69) is 37.0 Å². The molecule has 0 aliphatic heterocycles. The standard InChI is InChI=1S/C20H19N9O/c1-12-8-16(4-6-18(12)28-11-22-26-27-28)25-19(30)7-5-17-13(2)24-20-15(9-21)10-23-29(20)14(17)3/h4,6,8,10-11H,5,7H2,1-3H3,(H,25,30). The first kappa shape index (κ1) is 19.2. The molecule has 0 radical (unpaired) electrons. The summed E-state index contributed by atoms with van der Waals surface area (Å²) < 4.78 is 3.22. The smallest absolute Gasteiger partial charge is 0.224 e. The number of hydrogen-bond acceptors (Lipinski definition) is 7. The fourth-order valence-electron chi connectivity index (χ4n) is 3.48. The number of amides is 1. The van der Waals surface area contributed by atoms with Crippen LogP contribution in [0, 0.1) is 32.1 Å². The van der Waals surface area contributed by atoms with Crippen LogP contribution >= 0.6 is 0 Å². The predicted molar refractivity (Wildman–Crippen MR) is 108 cm³/mol. The molecule has 1 amide bonds. The number of carbonyl (C=O) groups is 1. The molecule has 0 bridgehead atoms. The Morgan fingerprint density at radius 2 is 2.10 bits per heavy atom. The van der Waals surface area contributed by atoms with Gasteiger partial charge in [-0.1, -0.05) is 0 Å². The molecule has 1 N–H and O–H groups in total. The maximum atomic E-state index is 12.5. The van der Waals surface area contributed by atoms with Crippen molar-refractivity contribution in [1.82, 2.24) is 34.8 Å². The van der Waals surface area contributed by atoms with E-state index in [0.717, 1.165) is 28.2 Å². The highest BCUT2D eigenvalue weighted by Gasteiger charge is 2.15. The zero-order valence-corrected chi connectivity index (χ0v) is 16.8. The Labute approximate surface area is 172 Å². The van der Waals surface area contributed by atoms with Crippen LogP contribution in [-0.2, 0) is 11.2 Å². The molecule has 1 aromatic carbocycles. The van der Waals surface area contributed by atoms with Gasteiger partial charge in [0.15, 0.2) is 5.65 Å². The summed E-state index contributed by atoms with van der Waals surface area (Å²) in [5.74, 6) is -0.0957. The van der Waals surface area contributed by atoms with Gasteiger partial charge in [-0.3, -0.25) is 4.79 Å². The third-order valence-electron chi connectivity index (χ3n) is 5.01. The molecule has 150 valence electrons. The monoisotopic (exact) mass is 401 g/mol. The molecule has 30 heavy (non-hydrogen) atoms. The summed E-state index contributed by atoms with van der Waals surface area (Å²) in [4.78, 5) is 17.0. The number of nitriles is 1. The highest BCUT2D eigenvalue weighted by atomic mass is 16.1. The Morgan fingerprint density at radius 3 is 2.80 bits per heavy atom. The van der Waals surface area contributed by atoms with Crippen molar-refractivity contribution in [2.45, 2.75) is 33.6 Å². The van der Waals surface area contributed by atoms with E-state index in [1.54, 1.807) is 9.20 Å². The number of nitrogens with zero attached hydrogens (tertiary/aromatic N) is 8. The Balaban J connectivity index is 1.47. The van der Waals surface area contributed by atoms with Gasteiger partial charge in [0.25, 0.3) is 0 Å². The van der Waals surface area contributed by atoms with Crippen molar-refractivity contribution in [3.05, 3.63) is 58.8 Å². The number of fused-ring (bicyclic) bond motifs is 1. The zero-order chi connectivity index (χ0) is 21.3. The molecular weight excluding hydrogens is 382 g/mol. The predicted octanol–water partition coefficient (Wildman–Crippen LogP) is 2.07. The Morgan fingerprint density at radius 1 is 1.27 bits per heavy atom. The Hall–Kier alpha value is -4.13. The number of rotatable bonds is 5. The molecule has 4 aromatic rings. The van der Waals surface area contributed by atoms with Gasteiger partial charge in [0.1, 0.15) is 18.0 Å². The van der Waals surface area contributed by atoms with Gasteiger partial charge in [0.2, 0.25) is 5.91 Å². The van der Waals surface area contributed by atoms with Gasteiger partial charge in [-0.05, 0) is 66.9 Å². The quantitative estimate of drug-likeness (QED) is 0.542. The number of aryl methyl sites for hydroxylation is 3. The molecule has 10 nitrogen and oxygen atoms in total. The number of anilines is 1. The fourth-order valence-corrected chi connectivity index (χ4v) is 3.48. The second-order valence-electron chi connectivity index (χ2n) is 6.97. The molecule has 10 heteroatoms. The molecule has 3 heterocycles. The van der Waals surface area contributed by atoms with Crippen LogP contribution in [0.3, 0.4) is 0 Å². The van der Waals surface area contributed by atoms with Crippen molar-refractivity contribution in [3.8, 4) is 11.8 Å². The third-order valence-corrected chi connectivity index (χ3v) is 5.01. The van der Waals surface area contributed by atoms with E-state index in [4.69, 9.17) is 0 Å². The van der Waals surface area contributed by atoms with Crippen molar-refractivity contribution in [1.29, 1.82) is 5.26 Å². The van der Waals surface area contributed by atoms with E-state index >= 15 is 0 Å². The fraction of sp³-hybridized carbons (Fsp3) is 0.250. The van der Waals surface area contributed by atoms with Crippen LogP contribution in [0.15, 0.2) is 30.7 Å². The minimum atomic E-state index is -0.0957. The average molecular weight is 401 g/mol. The number of carbonyl (C=O) groups excluding carboxylic acids is 1. The van der Waals surface area contributed by atoms with Crippen LogP contribution in [0.1, 0.15) is 34.5 Å². The number of benzene rings is 1. The van der Waals surface area contributed by atoms with E-state index in [1.165, 1.54) is 12.5 Å². The summed E-state index contributed by atoms with van der Waals surface area (Å²) in [6.07, 6.45) is 3.85. The van der Waals surface area contributed by atoms with Crippen LogP contribution in [-0.4, -0.2) is 40.7 Å². The highest BCUT2D eigenvalue weighted by Crippen LogP contribution is 2.20. The maximum absolute atomic E-state index is 12.5. The van der Waals surface area contributed by atoms with E-state index in [9.17, 15) is 10.1 Å². The van der Waals surface area contributed by atoms with Gasteiger partial charge < -0.3 is 5.32 Å². The number of tetrazole rings is 1. The molecule has 0 saturated carbocycles. The topological polar surface area (TPSA) is 127 Å². The van der Waals surface area contributed by atoms with E-state index in [-0.39, 0.29) is 5.91 Å². The van der Waals surface area contributed by atoms with Gasteiger partial charge in [-0.2, -0.15) is 10.4 Å². The Kier molecular flexibility index (Phi) is 4.93. The SMILES string of the molecule is Cc1cc(NC(=O)CCc2c(C)nc3c(C#N)cnn3c2C)ccc1-n1cnnn1. The van der Waals surface area contributed by atoms with Crippen LogP contribution in [0.2, 0.25) is 0 Å². The normalized spacial score (nSPS) is 10.9. The van der Waals surface area contributed by atoms with Crippen molar-refractivity contribution in [3.63, 3.8) is 0 Å². The highest BCUT2D eigenvalue weighted by molar-refractivity contribution is 5.91. The van der Waals surface area contributed by atoms with Crippen molar-refractivity contribution in [2.75, 3.05) is 5.32 Å². The van der Waals surface area contributed by atoms with Gasteiger partial charge in [0.05, 0.1) is 11.9 Å². The minimum Gasteiger partial charge on any atom is -0.326 e. The number of aromatic nitrogens is 7. The van der Waals surface area contributed by atoms with Crippen molar-refractivity contribution < 1.29 is 4.79 Å². The summed E-state index contributed by atoms with van der Waals surface area (Å²) in [7, 11) is 0. The molecule has 0 fully saturated rings. The van der Waals surface area contributed by atoms with E-state index in [1.807, 2.05) is 39.0 Å². The summed E-state index contributed by atoms with van der Waals surface area (Å²) >= 11 is 0. The first-order chi connectivity index (χ1) is 14.5. The average Bonchev–Trinajstić information content (AvgIpc) is 3.37. The molecule has 0 spiro atoms. The number of hydrogen-bond donors (Lipinski definition) is 1. The minimum absolute atomic E-state index is 0.0957. The second-order valence-corrected chi connectivity index (χ2v) is 6.97. The molecule has 0 unspecified atom stereocenters. The van der Waals surface area contributed by atoms with E-state index in [0.29, 0.717) is 29.7 Å². The van der Waals surface area contributed by atoms with Gasteiger partial charge >= 0.3 is 0 Å². The van der Waals surface area contributed by atoms with Crippen LogP contribution in [0.4, 0.5) is 5.69 Å². The lowest BCUT2D eigenvalue weighted by Crippen LogP contribution is -2.14. The van der Waals surface area contributed by atoms with Crippen LogP contribution in [0.5, 0.6) is 0 Å². The summed E-state index contributed by atoms with van der Waals surface area (Å²) in [6.45, 7) is 5.74. The first-order valence-corrected chi connectivity index (χ1v) is 9.35. The van der Waals surface area contributed by atoms with Gasteiger partial charge in [-0.15, -0.1) is 5.10 Å². The summed E-state index contributed by atoms with van der Waals surface area (Å²) in [6, 6.07) is 7.66. The molecule has 0 atom stereocenters. The first-order valence-electron chi connectivity index (χ1n) is 9.35. The summed E-state index contributed by atoms with van der Waals surface area (Å²) in [5.41, 5.74) is 6.11. The van der Waals surface area contributed by atoms with E-state index < -0.39 is 0 Å². The van der Waals surface area contributed by atoms with Crippen LogP contribution < -0.4 is 5.32 Å². The molecule has 3 aromatic heterocycles. The van der Waals surface area contributed by atoms with Crippen molar-refractivity contribution >= 4 is 17.2 Å². The van der Waals surface area contributed by atoms with Gasteiger partial charge in [-0.25, -0.2) is 14.2 Å². The molecule has 4 rings (SSSR count). The molecule has 0 saturated heterocycles. The molecule has 0 aliphatic carbocycles. The lowest BCUT2D eigenvalue weighted by molar-refractivity contribution is -0.116. The summed E-state index contributed by atoms with van der Waals surface area (Å²) in [5, 5.41) is 27.5. The lowest BCUT2D eigenvalue weighted by atomic mass is 10.1. The molecule has 0 aliphatic rings. The number of nitrogens with one attached hydrogen (secondary N) is 1. The van der Waals surface area contributed by atoms with Crippen LogP contribution in [0.25, 0.3) is 11.3 Å². The van der Waals surface area contributed by atoms with Crippen molar-refractivity contribution in [2.24, 2.45) is 0 Å². The third kappa shape index (κ3) is 3.48. The largest absolute Gasteiger partial charge is 0.326 e. The lowest BCUT2D eigenvalue weighted by Gasteiger charge is -2.12.